The number of nitriles is 1. The smallest absolute Gasteiger partial charge is 0.255 e. The lowest BCUT2D eigenvalue weighted by Gasteiger charge is -2.31. The van der Waals surface area contributed by atoms with Gasteiger partial charge in [-0.25, -0.2) is 0 Å². The Morgan fingerprint density at radius 3 is 2.45 bits per heavy atom. The molecule has 0 saturated carbocycles. The summed E-state index contributed by atoms with van der Waals surface area (Å²) in [4.78, 5) is 14.7. The summed E-state index contributed by atoms with van der Waals surface area (Å²) in [7, 11) is 0. The van der Waals surface area contributed by atoms with Gasteiger partial charge in [-0.2, -0.15) is 5.26 Å². The van der Waals surface area contributed by atoms with E-state index in [4.69, 9.17) is 4.74 Å². The van der Waals surface area contributed by atoms with Gasteiger partial charge in [-0.15, -0.1) is 0 Å². The molecule has 0 radical (unpaired) electrons. The topological polar surface area (TPSA) is 65.4 Å². The molecule has 1 aliphatic carbocycles. The highest BCUT2D eigenvalue weighted by atomic mass is 16.5. The molecule has 2 atom stereocenters. The number of nitrogens with zero attached hydrogens (tertiary/aromatic N) is 2. The van der Waals surface area contributed by atoms with Crippen LogP contribution in [0.4, 0.5) is 5.69 Å². The minimum absolute atomic E-state index is 0. The van der Waals surface area contributed by atoms with Gasteiger partial charge in [-0.1, -0.05) is 43.8 Å². The monoisotopic (exact) mass is 441 g/mol. The molecule has 1 aliphatic heterocycles. The third-order valence-electron chi connectivity index (χ3n) is 5.69. The summed E-state index contributed by atoms with van der Waals surface area (Å²) < 4.78 is 5.90. The average molecular weight is 442 g/mol. The van der Waals surface area contributed by atoms with Crippen LogP contribution in [0.2, 0.25) is 0 Å². The molecule has 2 aromatic rings. The molecule has 5 heteroatoms. The molecule has 0 bridgehead atoms. The van der Waals surface area contributed by atoms with Gasteiger partial charge in [0.25, 0.3) is 5.91 Å². The van der Waals surface area contributed by atoms with E-state index in [1.54, 1.807) is 12.1 Å². The van der Waals surface area contributed by atoms with Crippen LogP contribution in [-0.2, 0) is 4.74 Å². The number of allylic oxidation sites excluding steroid dienone is 1. The van der Waals surface area contributed by atoms with E-state index in [0.29, 0.717) is 11.3 Å². The van der Waals surface area contributed by atoms with E-state index in [9.17, 15) is 10.1 Å². The second kappa shape index (κ2) is 10.2. The summed E-state index contributed by atoms with van der Waals surface area (Å²) in [6.07, 6.45) is 6.26. The van der Waals surface area contributed by atoms with Crippen molar-refractivity contribution in [2.45, 2.75) is 40.3 Å². The van der Waals surface area contributed by atoms with Crippen molar-refractivity contribution in [3.8, 4) is 6.07 Å². The third-order valence-corrected chi connectivity index (χ3v) is 5.69. The number of carbonyl (C=O) groups excluding carboxylic acids is 1. The SMILES string of the molecule is C.CCN1C(c2ccc(NC(=O)c3ccccc3)cc2)=C(C#N)C2C=CC(OC(C)C)=CC21. The van der Waals surface area contributed by atoms with Crippen LogP contribution in [0.5, 0.6) is 0 Å². The minimum Gasteiger partial charge on any atom is -0.491 e. The van der Waals surface area contributed by atoms with Crippen LogP contribution in [-0.4, -0.2) is 29.5 Å². The number of benzene rings is 2. The fraction of sp³-hybridized carbons (Fsp3) is 0.286. The molecule has 0 fully saturated rings. The predicted molar refractivity (Wildman–Crippen MR) is 133 cm³/mol. The van der Waals surface area contributed by atoms with Crippen LogP contribution in [0, 0.1) is 17.2 Å². The summed E-state index contributed by atoms with van der Waals surface area (Å²) in [5.41, 5.74) is 3.99. The Bertz CT molecular complexity index is 1120. The largest absolute Gasteiger partial charge is 0.491 e. The molecular formula is C28H31N3O2. The van der Waals surface area contributed by atoms with Crippen molar-refractivity contribution in [3.63, 3.8) is 0 Å². The predicted octanol–water partition coefficient (Wildman–Crippen LogP) is 6.01. The molecule has 170 valence electrons. The van der Waals surface area contributed by atoms with Gasteiger partial charge in [-0.05, 0) is 62.8 Å². The quantitative estimate of drug-likeness (QED) is 0.596. The summed E-state index contributed by atoms with van der Waals surface area (Å²) in [6.45, 7) is 6.89. The maximum Gasteiger partial charge on any atom is 0.255 e. The Hall–Kier alpha value is -3.78. The molecule has 0 aromatic heterocycles. The molecule has 0 spiro atoms. The number of nitrogens with one attached hydrogen (secondary N) is 1. The molecular weight excluding hydrogens is 410 g/mol. The van der Waals surface area contributed by atoms with Gasteiger partial charge in [-0.3, -0.25) is 4.79 Å². The van der Waals surface area contributed by atoms with Crippen LogP contribution in [0.3, 0.4) is 0 Å². The Labute approximate surface area is 196 Å². The highest BCUT2D eigenvalue weighted by Gasteiger charge is 2.40. The van der Waals surface area contributed by atoms with E-state index in [1.807, 2.05) is 62.4 Å². The zero-order valence-corrected chi connectivity index (χ0v) is 18.6. The molecule has 1 amide bonds. The number of likely N-dealkylation sites (N-methyl/N-ethyl adjacent to an activating group) is 1. The van der Waals surface area contributed by atoms with E-state index in [1.165, 1.54) is 0 Å². The average Bonchev–Trinajstić information content (AvgIpc) is 3.12. The van der Waals surface area contributed by atoms with Crippen molar-refractivity contribution in [1.82, 2.24) is 4.90 Å². The second-order valence-corrected chi connectivity index (χ2v) is 8.17. The fourth-order valence-corrected chi connectivity index (χ4v) is 4.33. The number of hydrogen-bond donors (Lipinski definition) is 1. The first-order valence-corrected chi connectivity index (χ1v) is 11.0. The van der Waals surface area contributed by atoms with E-state index < -0.39 is 0 Å². The van der Waals surface area contributed by atoms with E-state index in [-0.39, 0.29) is 31.4 Å². The summed E-state index contributed by atoms with van der Waals surface area (Å²) >= 11 is 0. The van der Waals surface area contributed by atoms with Crippen LogP contribution < -0.4 is 5.32 Å². The number of hydrogen-bond acceptors (Lipinski definition) is 4. The number of fused-ring (bicyclic) bond motifs is 1. The zero-order valence-electron chi connectivity index (χ0n) is 18.6. The Morgan fingerprint density at radius 1 is 1.15 bits per heavy atom. The fourth-order valence-electron chi connectivity index (χ4n) is 4.33. The first-order valence-electron chi connectivity index (χ1n) is 11.0. The Morgan fingerprint density at radius 2 is 1.85 bits per heavy atom. The van der Waals surface area contributed by atoms with Crippen molar-refractivity contribution in [3.05, 3.63) is 95.3 Å². The van der Waals surface area contributed by atoms with E-state index in [2.05, 4.69) is 35.4 Å². The highest BCUT2D eigenvalue weighted by Crippen LogP contribution is 2.43. The number of carbonyl (C=O) groups is 1. The minimum atomic E-state index is -0.148. The Balaban J connectivity index is 0.00000306. The molecule has 33 heavy (non-hydrogen) atoms. The molecule has 5 nitrogen and oxygen atoms in total. The summed E-state index contributed by atoms with van der Waals surface area (Å²) in [6, 6.07) is 19.3. The number of ether oxygens (including phenoxy) is 1. The van der Waals surface area contributed by atoms with Gasteiger partial charge >= 0.3 is 0 Å². The van der Waals surface area contributed by atoms with Crippen molar-refractivity contribution in [1.29, 1.82) is 5.26 Å². The standard InChI is InChI=1S/C27H27N3O2.CH4/c1-4-30-25-16-22(32-18(2)3)14-15-23(25)24(17-28)26(30)19-10-12-21(13-11-19)29-27(31)20-8-6-5-7-9-20;/h5-16,18,23,25H,4H2,1-3H3,(H,29,31);1H4. The van der Waals surface area contributed by atoms with Crippen LogP contribution in [0.25, 0.3) is 5.70 Å². The molecule has 4 rings (SSSR count). The van der Waals surface area contributed by atoms with Crippen molar-refractivity contribution in [2.24, 2.45) is 5.92 Å². The van der Waals surface area contributed by atoms with Crippen LogP contribution >= 0.6 is 0 Å². The van der Waals surface area contributed by atoms with Crippen LogP contribution in [0.15, 0.2) is 84.2 Å². The second-order valence-electron chi connectivity index (χ2n) is 8.17. The molecule has 2 unspecified atom stereocenters. The Kier molecular flexibility index (Phi) is 7.40. The number of anilines is 1. The van der Waals surface area contributed by atoms with Crippen LogP contribution in [0.1, 0.15) is 44.1 Å². The molecule has 1 N–H and O–H groups in total. The number of amides is 1. The molecule has 1 heterocycles. The normalized spacial score (nSPS) is 18.9. The zero-order chi connectivity index (χ0) is 22.7. The summed E-state index contributed by atoms with van der Waals surface area (Å²) in [5, 5.41) is 12.9. The van der Waals surface area contributed by atoms with E-state index in [0.717, 1.165) is 29.1 Å². The summed E-state index contributed by atoms with van der Waals surface area (Å²) in [5.74, 6) is 0.703. The molecule has 2 aliphatic rings. The van der Waals surface area contributed by atoms with Crippen molar-refractivity contribution < 1.29 is 9.53 Å². The first kappa shape index (κ1) is 23.9. The first-order chi connectivity index (χ1) is 15.5. The maximum atomic E-state index is 12.4. The maximum absolute atomic E-state index is 12.4. The van der Waals surface area contributed by atoms with Gasteiger partial charge in [0.2, 0.25) is 0 Å². The van der Waals surface area contributed by atoms with Gasteiger partial charge in [0.1, 0.15) is 5.76 Å². The lowest BCUT2D eigenvalue weighted by molar-refractivity contribution is 0.102. The lowest BCUT2D eigenvalue weighted by Crippen LogP contribution is -2.33. The van der Waals surface area contributed by atoms with Crippen molar-refractivity contribution in [2.75, 3.05) is 11.9 Å². The third kappa shape index (κ3) is 4.85. The highest BCUT2D eigenvalue weighted by molar-refractivity contribution is 6.04. The lowest BCUT2D eigenvalue weighted by atomic mass is 9.90. The molecule has 0 saturated heterocycles. The van der Waals surface area contributed by atoms with Gasteiger partial charge in [0.15, 0.2) is 0 Å². The van der Waals surface area contributed by atoms with Gasteiger partial charge in [0.05, 0.1) is 29.5 Å². The van der Waals surface area contributed by atoms with Crippen molar-refractivity contribution >= 4 is 17.3 Å². The number of rotatable bonds is 6. The van der Waals surface area contributed by atoms with Gasteiger partial charge < -0.3 is 15.0 Å². The molecule has 2 aromatic carbocycles. The van der Waals surface area contributed by atoms with E-state index >= 15 is 0 Å². The van der Waals surface area contributed by atoms with Gasteiger partial charge in [0, 0.05) is 23.7 Å².